The zero-order valence-electron chi connectivity index (χ0n) is 38.0. The van der Waals surface area contributed by atoms with Crippen molar-refractivity contribution in [3.63, 3.8) is 0 Å². The Kier molecular flexibility index (Phi) is 37.3. The Morgan fingerprint density at radius 2 is 1.07 bits per heavy atom. The molecule has 0 bridgehead atoms. The van der Waals surface area contributed by atoms with Gasteiger partial charge in [0.1, 0.15) is 19.8 Å². The van der Waals surface area contributed by atoms with Gasteiger partial charge < -0.3 is 28.6 Å². The molecule has 1 aliphatic heterocycles. The number of likely N-dealkylation sites (tertiary alicyclic amines) is 1. The predicted molar refractivity (Wildman–Crippen MR) is 238 cm³/mol. The molecule has 0 radical (unpaired) electrons. The minimum Gasteiger partial charge on any atom is -0.465 e. The number of rotatable bonds is 40. The molecule has 338 valence electrons. The number of esters is 3. The zero-order valence-corrected chi connectivity index (χ0v) is 38.0. The molecule has 0 spiro atoms. The van der Waals surface area contributed by atoms with E-state index in [1.807, 2.05) is 7.05 Å². The maximum atomic E-state index is 13.0. The highest BCUT2D eigenvalue weighted by Crippen LogP contribution is 2.18. The van der Waals surface area contributed by atoms with E-state index in [2.05, 4.69) is 50.0 Å². The van der Waals surface area contributed by atoms with E-state index < -0.39 is 12.2 Å². The zero-order chi connectivity index (χ0) is 42.2. The van der Waals surface area contributed by atoms with Crippen LogP contribution in [0.3, 0.4) is 0 Å². The summed E-state index contributed by atoms with van der Waals surface area (Å²) < 4.78 is 29.2. The van der Waals surface area contributed by atoms with Crippen LogP contribution in [0.4, 0.5) is 0 Å². The summed E-state index contributed by atoms with van der Waals surface area (Å²) in [4.78, 5) is 40.7. The van der Waals surface area contributed by atoms with E-state index in [1.165, 1.54) is 77.0 Å². The molecule has 1 rings (SSSR count). The monoisotopic (exact) mass is 820 g/mol. The Morgan fingerprint density at radius 3 is 1.66 bits per heavy atom. The lowest BCUT2D eigenvalue weighted by molar-refractivity contribution is -0.162. The third kappa shape index (κ3) is 33.6. The van der Waals surface area contributed by atoms with Gasteiger partial charge in [-0.15, -0.1) is 0 Å². The number of carbonyl (C=O) groups excluding carboxylic acids is 3. The van der Waals surface area contributed by atoms with Gasteiger partial charge in [-0.25, -0.2) is 0 Å². The second kappa shape index (κ2) is 40.2. The van der Waals surface area contributed by atoms with Crippen LogP contribution < -0.4 is 0 Å². The Balaban J connectivity index is 2.51. The Morgan fingerprint density at radius 1 is 0.586 bits per heavy atom. The Hall–Kier alpha value is -2.23. The van der Waals surface area contributed by atoms with Crippen LogP contribution in [-0.4, -0.2) is 82.3 Å². The topological polar surface area (TPSA) is 101 Å². The van der Waals surface area contributed by atoms with Gasteiger partial charge in [-0.2, -0.15) is 0 Å². The van der Waals surface area contributed by atoms with Crippen LogP contribution in [0.5, 0.6) is 0 Å². The third-order valence-corrected chi connectivity index (χ3v) is 10.9. The number of piperidine rings is 1. The van der Waals surface area contributed by atoms with Crippen molar-refractivity contribution in [3.8, 4) is 0 Å². The summed E-state index contributed by atoms with van der Waals surface area (Å²) in [6.07, 6.45) is 37.9. The third-order valence-electron chi connectivity index (χ3n) is 10.9. The molecule has 2 unspecified atom stereocenters. The first kappa shape index (κ1) is 53.8. The molecule has 0 aliphatic carbocycles. The summed E-state index contributed by atoms with van der Waals surface area (Å²) in [5.74, 6) is -1.49. The van der Waals surface area contributed by atoms with Crippen molar-refractivity contribution in [1.82, 2.24) is 4.90 Å². The summed E-state index contributed by atoms with van der Waals surface area (Å²) >= 11 is 0. The fourth-order valence-corrected chi connectivity index (χ4v) is 7.11. The van der Waals surface area contributed by atoms with E-state index in [9.17, 15) is 14.4 Å². The molecule has 0 N–H and O–H groups in total. The molecular formula is C49H89NO8. The molecule has 1 saturated heterocycles. The second-order valence-corrected chi connectivity index (χ2v) is 16.7. The minimum atomic E-state index is -0.445. The van der Waals surface area contributed by atoms with Gasteiger partial charge in [0, 0.05) is 32.6 Å². The molecule has 9 nitrogen and oxygen atoms in total. The van der Waals surface area contributed by atoms with Crippen LogP contribution in [0, 0.1) is 11.8 Å². The highest BCUT2D eigenvalue weighted by molar-refractivity contribution is 5.73. The molecule has 0 aromatic heterocycles. The van der Waals surface area contributed by atoms with Gasteiger partial charge in [-0.1, -0.05) is 141 Å². The van der Waals surface area contributed by atoms with Gasteiger partial charge in [0.25, 0.3) is 0 Å². The van der Waals surface area contributed by atoms with Crippen LogP contribution in [0.25, 0.3) is 0 Å². The molecule has 0 saturated carbocycles. The summed E-state index contributed by atoms with van der Waals surface area (Å²) in [7, 11) is 2.01. The number of nitrogens with zero attached hydrogens (tertiary/aromatic N) is 1. The lowest BCUT2D eigenvalue weighted by Gasteiger charge is -2.28. The van der Waals surface area contributed by atoms with Crippen LogP contribution in [-0.2, 0) is 38.1 Å². The molecule has 58 heavy (non-hydrogen) atoms. The molecule has 9 heteroatoms. The molecule has 1 heterocycles. The number of hydrogen-bond donors (Lipinski definition) is 0. The first-order valence-corrected chi connectivity index (χ1v) is 24.1. The van der Waals surface area contributed by atoms with Gasteiger partial charge in [-0.05, 0) is 77.8 Å². The standard InChI is InChI=1S/C49H89NO8/c1-5-8-11-14-17-18-19-20-21-22-23-24-25-26-29-34-46(51)56-41-44(43-58-49(53)45-33-32-37-50(4)40-45)42-57-47(52)35-36-48(54-38-30-27-15-12-9-6-2)55-39-31-28-16-13-10-7-3/h17-18,20-21,44-45,48H,5-16,19,22-43H2,1-4H3. The van der Waals surface area contributed by atoms with E-state index in [4.69, 9.17) is 23.7 Å². The first-order valence-electron chi connectivity index (χ1n) is 24.1. The Bertz CT molecular complexity index is 1010. The number of hydrogen-bond acceptors (Lipinski definition) is 9. The van der Waals surface area contributed by atoms with Crippen molar-refractivity contribution >= 4 is 17.9 Å². The molecule has 0 aromatic rings. The summed E-state index contributed by atoms with van der Waals surface area (Å²) in [5.41, 5.74) is 0. The van der Waals surface area contributed by atoms with Crippen molar-refractivity contribution in [2.75, 3.05) is 53.2 Å². The quantitative estimate of drug-likeness (QED) is 0.0197. The van der Waals surface area contributed by atoms with Gasteiger partial charge in [-0.3, -0.25) is 14.4 Å². The lowest BCUT2D eigenvalue weighted by Crippen LogP contribution is -2.37. The summed E-state index contributed by atoms with van der Waals surface area (Å²) in [5, 5.41) is 0. The number of unbranched alkanes of at least 4 members (excludes halogenated alkanes) is 18. The van der Waals surface area contributed by atoms with Crippen molar-refractivity contribution in [3.05, 3.63) is 24.3 Å². The fraction of sp³-hybridized carbons (Fsp3) is 0.857. The molecule has 0 amide bonds. The van der Waals surface area contributed by atoms with E-state index in [0.717, 1.165) is 90.0 Å². The maximum absolute atomic E-state index is 13.0. The van der Waals surface area contributed by atoms with E-state index >= 15 is 0 Å². The molecule has 0 aromatic carbocycles. The summed E-state index contributed by atoms with van der Waals surface area (Å²) in [6.45, 7) is 9.65. The van der Waals surface area contributed by atoms with Crippen molar-refractivity contribution < 1.29 is 38.1 Å². The van der Waals surface area contributed by atoms with Gasteiger partial charge >= 0.3 is 17.9 Å². The van der Waals surface area contributed by atoms with Gasteiger partial charge in [0.05, 0.1) is 18.3 Å². The van der Waals surface area contributed by atoms with Crippen molar-refractivity contribution in [2.24, 2.45) is 11.8 Å². The SMILES string of the molecule is CCCCCC=CCC=CCCCCCCCC(=O)OCC(COC(=O)CCC(OCCCCCCCC)OCCCCCCCC)COC(=O)C1CCCN(C)C1. The largest absolute Gasteiger partial charge is 0.465 e. The Labute approximate surface area is 356 Å². The van der Waals surface area contributed by atoms with Crippen LogP contribution in [0.2, 0.25) is 0 Å². The molecule has 2 atom stereocenters. The fourth-order valence-electron chi connectivity index (χ4n) is 7.11. The lowest BCUT2D eigenvalue weighted by atomic mass is 9.99. The highest BCUT2D eigenvalue weighted by Gasteiger charge is 2.27. The normalized spacial score (nSPS) is 15.4. The van der Waals surface area contributed by atoms with Crippen LogP contribution in [0.1, 0.15) is 201 Å². The van der Waals surface area contributed by atoms with Crippen LogP contribution >= 0.6 is 0 Å². The average Bonchev–Trinajstić information content (AvgIpc) is 3.22. The molecule has 1 fully saturated rings. The molecule has 1 aliphatic rings. The number of allylic oxidation sites excluding steroid dienone is 4. The van der Waals surface area contributed by atoms with Gasteiger partial charge in [0.15, 0.2) is 6.29 Å². The van der Waals surface area contributed by atoms with Gasteiger partial charge in [0.2, 0.25) is 0 Å². The van der Waals surface area contributed by atoms with E-state index in [-0.39, 0.29) is 50.1 Å². The van der Waals surface area contributed by atoms with Crippen molar-refractivity contribution in [1.29, 1.82) is 0 Å². The number of carbonyl (C=O) groups is 3. The summed E-state index contributed by atoms with van der Waals surface area (Å²) in [6, 6.07) is 0. The molecular weight excluding hydrogens is 731 g/mol. The van der Waals surface area contributed by atoms with Crippen LogP contribution in [0.15, 0.2) is 24.3 Å². The smallest absolute Gasteiger partial charge is 0.310 e. The van der Waals surface area contributed by atoms with E-state index in [1.54, 1.807) is 0 Å². The average molecular weight is 820 g/mol. The first-order chi connectivity index (χ1) is 28.4. The second-order valence-electron chi connectivity index (χ2n) is 16.7. The van der Waals surface area contributed by atoms with Crippen molar-refractivity contribution in [2.45, 2.75) is 207 Å². The maximum Gasteiger partial charge on any atom is 0.310 e. The highest BCUT2D eigenvalue weighted by atomic mass is 16.7. The number of ether oxygens (including phenoxy) is 5. The van der Waals surface area contributed by atoms with E-state index in [0.29, 0.717) is 32.6 Å². The predicted octanol–water partition coefficient (Wildman–Crippen LogP) is 12.2. The minimum absolute atomic E-state index is 0.00948.